The topological polar surface area (TPSA) is 36.0 Å². The summed E-state index contributed by atoms with van der Waals surface area (Å²) in [6.07, 6.45) is 3.74. The van der Waals surface area contributed by atoms with Crippen LogP contribution >= 0.6 is 0 Å². The summed E-state index contributed by atoms with van der Waals surface area (Å²) < 4.78 is 0. The van der Waals surface area contributed by atoms with Crippen molar-refractivity contribution in [2.45, 2.75) is 18.8 Å². The average molecular weight is 278 g/mol. The molecule has 1 aromatic heterocycles. The molecule has 1 atom stereocenters. The van der Waals surface area contributed by atoms with Gasteiger partial charge in [0.15, 0.2) is 0 Å². The van der Waals surface area contributed by atoms with Crippen LogP contribution in [0.25, 0.3) is 10.9 Å². The second-order valence-corrected chi connectivity index (χ2v) is 5.37. The monoisotopic (exact) mass is 278 g/mol. The number of rotatable bonds is 5. The molecule has 0 saturated heterocycles. The van der Waals surface area contributed by atoms with Gasteiger partial charge in [0.1, 0.15) is 0 Å². The van der Waals surface area contributed by atoms with E-state index in [4.69, 9.17) is 5.11 Å². The Morgan fingerprint density at radius 2 is 1.86 bits per heavy atom. The van der Waals surface area contributed by atoms with E-state index in [1.807, 2.05) is 6.07 Å². The van der Waals surface area contributed by atoms with Crippen LogP contribution in [0.1, 0.15) is 29.0 Å². The number of aryl methyl sites for hydroxylation is 1. The van der Waals surface area contributed by atoms with Crippen molar-refractivity contribution in [2.24, 2.45) is 0 Å². The summed E-state index contributed by atoms with van der Waals surface area (Å²) in [6.45, 7) is 4.58. The van der Waals surface area contributed by atoms with Gasteiger partial charge in [0.05, 0.1) is 0 Å². The van der Waals surface area contributed by atoms with Crippen LogP contribution in [0.5, 0.6) is 0 Å². The second kappa shape index (κ2) is 6.15. The number of aromatic amines is 1. The first-order valence-corrected chi connectivity index (χ1v) is 7.39. The number of hydrogen-bond donors (Lipinski definition) is 2. The molecule has 2 heteroatoms. The molecule has 0 bridgehead atoms. The molecule has 0 saturated carbocycles. The number of nitrogens with one attached hydrogen (secondary N) is 1. The van der Waals surface area contributed by atoms with E-state index >= 15 is 0 Å². The Morgan fingerprint density at radius 1 is 1.05 bits per heavy atom. The van der Waals surface area contributed by atoms with Crippen molar-refractivity contribution < 1.29 is 5.11 Å². The van der Waals surface area contributed by atoms with Gasteiger partial charge in [-0.15, -0.1) is 0 Å². The largest absolute Gasteiger partial charge is 0.396 e. The summed E-state index contributed by atoms with van der Waals surface area (Å²) >= 11 is 0. The maximum absolute atomic E-state index is 9.09. The molecule has 0 aliphatic rings. The summed E-state index contributed by atoms with van der Waals surface area (Å²) in [4.78, 5) is 3.35. The van der Waals surface area contributed by atoms with Crippen LogP contribution in [0.15, 0.2) is 54.7 Å². The number of fused-ring (bicyclic) bond motifs is 1. The fourth-order valence-electron chi connectivity index (χ4n) is 2.91. The lowest BCUT2D eigenvalue weighted by Gasteiger charge is -2.13. The maximum atomic E-state index is 9.09. The number of hydrogen-bond acceptors (Lipinski definition) is 1. The minimum atomic E-state index is 0.107. The van der Waals surface area contributed by atoms with Gasteiger partial charge in [0.2, 0.25) is 0 Å². The van der Waals surface area contributed by atoms with Crippen LogP contribution in [-0.2, 0) is 6.42 Å². The normalized spacial score (nSPS) is 12.7. The van der Waals surface area contributed by atoms with Gasteiger partial charge in [-0.25, -0.2) is 0 Å². The number of benzene rings is 2. The standard InChI is InChI=1S/C19H20NO/c1-14(15-7-3-2-4-8-15)17-13-20-18-11-5-9-16(19(17)18)10-6-12-21/h2-5,7-9,11,13-14,20-21H,1,6,10,12H2. The van der Waals surface area contributed by atoms with Crippen LogP contribution in [-0.4, -0.2) is 16.7 Å². The van der Waals surface area contributed by atoms with Crippen molar-refractivity contribution >= 4 is 10.9 Å². The predicted octanol–water partition coefficient (Wildman–Crippen LogP) is 4.06. The van der Waals surface area contributed by atoms with Gasteiger partial charge >= 0.3 is 0 Å². The van der Waals surface area contributed by atoms with Crippen LogP contribution in [0.3, 0.4) is 0 Å². The van der Waals surface area contributed by atoms with E-state index < -0.39 is 0 Å². The van der Waals surface area contributed by atoms with Gasteiger partial charge in [-0.2, -0.15) is 0 Å². The summed E-state index contributed by atoms with van der Waals surface area (Å²) in [7, 11) is 0. The molecular weight excluding hydrogens is 258 g/mol. The van der Waals surface area contributed by atoms with E-state index in [2.05, 4.69) is 60.6 Å². The average Bonchev–Trinajstić information content (AvgIpc) is 2.97. The first-order valence-electron chi connectivity index (χ1n) is 7.39. The van der Waals surface area contributed by atoms with Crippen LogP contribution in [0.4, 0.5) is 0 Å². The maximum Gasteiger partial charge on any atom is 0.0459 e. The molecule has 0 aliphatic heterocycles. The highest BCUT2D eigenvalue weighted by Gasteiger charge is 2.15. The molecule has 1 radical (unpaired) electrons. The second-order valence-electron chi connectivity index (χ2n) is 5.37. The smallest absolute Gasteiger partial charge is 0.0459 e. The lowest BCUT2D eigenvalue weighted by molar-refractivity contribution is 0.289. The summed E-state index contributed by atoms with van der Waals surface area (Å²) in [6, 6.07) is 16.7. The van der Waals surface area contributed by atoms with Crippen molar-refractivity contribution in [3.63, 3.8) is 0 Å². The van der Waals surface area contributed by atoms with E-state index in [-0.39, 0.29) is 12.5 Å². The Kier molecular flexibility index (Phi) is 4.07. The molecule has 0 spiro atoms. The number of aliphatic hydroxyl groups is 1. The van der Waals surface area contributed by atoms with Crippen LogP contribution in [0, 0.1) is 6.92 Å². The molecule has 2 N–H and O–H groups in total. The Balaban J connectivity index is 2.06. The van der Waals surface area contributed by atoms with E-state index in [0.717, 1.165) is 18.4 Å². The molecule has 21 heavy (non-hydrogen) atoms. The highest BCUT2D eigenvalue weighted by atomic mass is 16.2. The SMILES string of the molecule is [CH2]C(c1ccccc1)c1c[nH]c2cccc(CCCO)c12. The van der Waals surface area contributed by atoms with Crippen LogP contribution in [0.2, 0.25) is 0 Å². The highest BCUT2D eigenvalue weighted by Crippen LogP contribution is 2.32. The quantitative estimate of drug-likeness (QED) is 0.725. The van der Waals surface area contributed by atoms with Crippen molar-refractivity contribution in [1.29, 1.82) is 0 Å². The Morgan fingerprint density at radius 3 is 2.62 bits per heavy atom. The fraction of sp³-hybridized carbons (Fsp3) is 0.211. The molecule has 2 nitrogen and oxygen atoms in total. The Hall–Kier alpha value is -2.06. The minimum absolute atomic E-state index is 0.107. The molecule has 107 valence electrons. The molecule has 0 aliphatic carbocycles. The lowest BCUT2D eigenvalue weighted by atomic mass is 9.90. The first kappa shape index (κ1) is 13.9. The van der Waals surface area contributed by atoms with E-state index in [1.54, 1.807) is 0 Å². The zero-order chi connectivity index (χ0) is 14.7. The van der Waals surface area contributed by atoms with Gasteiger partial charge in [0.25, 0.3) is 0 Å². The van der Waals surface area contributed by atoms with Crippen molar-refractivity contribution in [3.8, 4) is 0 Å². The molecular formula is C19H20NO. The van der Waals surface area contributed by atoms with Crippen molar-refractivity contribution in [3.05, 3.63) is 78.3 Å². The molecule has 0 amide bonds. The van der Waals surface area contributed by atoms with E-state index in [1.165, 1.54) is 22.1 Å². The third-order valence-corrected chi connectivity index (χ3v) is 4.00. The van der Waals surface area contributed by atoms with Gasteiger partial charge in [0, 0.05) is 29.6 Å². The van der Waals surface area contributed by atoms with Gasteiger partial charge in [-0.05, 0) is 42.5 Å². The zero-order valence-electron chi connectivity index (χ0n) is 12.0. The molecule has 3 aromatic rings. The van der Waals surface area contributed by atoms with E-state index in [0.29, 0.717) is 0 Å². The number of aromatic nitrogens is 1. The molecule has 0 fully saturated rings. The predicted molar refractivity (Wildman–Crippen MR) is 87.3 cm³/mol. The number of aliphatic hydroxyl groups excluding tert-OH is 1. The molecule has 1 heterocycles. The first-order chi connectivity index (χ1) is 10.3. The van der Waals surface area contributed by atoms with Gasteiger partial charge < -0.3 is 10.1 Å². The minimum Gasteiger partial charge on any atom is -0.396 e. The highest BCUT2D eigenvalue weighted by molar-refractivity contribution is 5.87. The summed E-state index contributed by atoms with van der Waals surface area (Å²) in [5.41, 5.74) is 4.87. The molecule has 2 aromatic carbocycles. The van der Waals surface area contributed by atoms with E-state index in [9.17, 15) is 0 Å². The Bertz CT molecular complexity index is 715. The van der Waals surface area contributed by atoms with Gasteiger partial charge in [-0.3, -0.25) is 0 Å². The third kappa shape index (κ3) is 2.72. The fourth-order valence-corrected chi connectivity index (χ4v) is 2.91. The van der Waals surface area contributed by atoms with Gasteiger partial charge in [-0.1, -0.05) is 42.5 Å². The Labute approximate surface area is 125 Å². The zero-order valence-corrected chi connectivity index (χ0v) is 12.0. The summed E-state index contributed by atoms with van der Waals surface area (Å²) in [5.74, 6) is 0.107. The summed E-state index contributed by atoms with van der Waals surface area (Å²) in [5, 5.41) is 10.3. The lowest BCUT2D eigenvalue weighted by Crippen LogP contribution is -1.97. The van der Waals surface area contributed by atoms with Crippen LogP contribution < -0.4 is 0 Å². The molecule has 1 unspecified atom stereocenters. The van der Waals surface area contributed by atoms with Crippen molar-refractivity contribution in [1.82, 2.24) is 4.98 Å². The number of H-pyrrole nitrogens is 1. The third-order valence-electron chi connectivity index (χ3n) is 4.00. The molecule has 3 rings (SSSR count). The van der Waals surface area contributed by atoms with Crippen molar-refractivity contribution in [2.75, 3.05) is 6.61 Å².